The molecule has 1 amide bonds. The number of ether oxygens (including phenoxy) is 2. The van der Waals surface area contributed by atoms with Crippen LogP contribution in [0, 0.1) is 0 Å². The van der Waals surface area contributed by atoms with Gasteiger partial charge in [0.05, 0.1) is 37.2 Å². The molecule has 3 atom stereocenters. The number of aliphatic hydroxyl groups is 1. The number of amides is 1. The molecule has 0 unspecified atom stereocenters. The zero-order valence-electron chi connectivity index (χ0n) is 15.7. The molecule has 1 fully saturated rings. The smallest absolute Gasteiger partial charge is 0.241 e. The van der Waals surface area contributed by atoms with E-state index in [4.69, 9.17) is 9.47 Å². The Kier molecular flexibility index (Phi) is 6.71. The highest BCUT2D eigenvalue weighted by Crippen LogP contribution is 2.22. The van der Waals surface area contributed by atoms with Crippen molar-refractivity contribution in [1.82, 2.24) is 10.0 Å². The normalized spacial score (nSPS) is 25.1. The molecule has 1 heterocycles. The Bertz CT molecular complexity index is 821. The van der Waals surface area contributed by atoms with E-state index in [1.807, 2.05) is 0 Å². The van der Waals surface area contributed by atoms with Crippen LogP contribution in [-0.4, -0.2) is 57.4 Å². The van der Waals surface area contributed by atoms with Gasteiger partial charge < -0.3 is 19.9 Å². The minimum Gasteiger partial charge on any atom is -0.497 e. The van der Waals surface area contributed by atoms with Gasteiger partial charge in [-0.25, -0.2) is 13.1 Å². The van der Waals surface area contributed by atoms with Crippen LogP contribution in [0.1, 0.15) is 25.7 Å². The molecule has 8 nitrogen and oxygen atoms in total. The number of carbonyl (C=O) groups is 1. The summed E-state index contributed by atoms with van der Waals surface area (Å²) in [6.45, 7) is -0.379. The lowest BCUT2D eigenvalue weighted by atomic mass is 9.93. The first-order chi connectivity index (χ1) is 13.4. The molecular weight excluding hydrogens is 384 g/mol. The Morgan fingerprint density at radius 2 is 2.11 bits per heavy atom. The molecule has 0 spiro atoms. The molecule has 0 radical (unpaired) electrons. The van der Waals surface area contributed by atoms with Gasteiger partial charge in [0.25, 0.3) is 0 Å². The fourth-order valence-electron chi connectivity index (χ4n) is 3.15. The number of hydrogen-bond donors (Lipinski definition) is 3. The lowest BCUT2D eigenvalue weighted by Crippen LogP contribution is -2.49. The van der Waals surface area contributed by atoms with Crippen molar-refractivity contribution in [2.24, 2.45) is 0 Å². The summed E-state index contributed by atoms with van der Waals surface area (Å²) >= 11 is 0. The summed E-state index contributed by atoms with van der Waals surface area (Å²) in [6, 6.07) is 5.61. The van der Waals surface area contributed by atoms with E-state index >= 15 is 0 Å². The number of sulfonamides is 1. The van der Waals surface area contributed by atoms with Crippen LogP contribution in [0.3, 0.4) is 0 Å². The molecule has 28 heavy (non-hydrogen) atoms. The Morgan fingerprint density at radius 3 is 2.75 bits per heavy atom. The minimum absolute atomic E-state index is 0.0546. The highest BCUT2D eigenvalue weighted by atomic mass is 32.2. The molecule has 1 aliphatic heterocycles. The third kappa shape index (κ3) is 5.11. The second kappa shape index (κ2) is 9.04. The van der Waals surface area contributed by atoms with Crippen molar-refractivity contribution in [2.75, 3.05) is 13.7 Å². The van der Waals surface area contributed by atoms with Crippen LogP contribution in [0.5, 0.6) is 5.75 Å². The maximum Gasteiger partial charge on any atom is 0.241 e. The summed E-state index contributed by atoms with van der Waals surface area (Å²) in [5.41, 5.74) is 0. The number of rotatable bonds is 8. The molecule has 0 bridgehead atoms. The number of aliphatic hydroxyl groups excluding tert-OH is 1. The highest BCUT2D eigenvalue weighted by Gasteiger charge is 2.32. The lowest BCUT2D eigenvalue weighted by molar-refractivity contribution is -0.126. The summed E-state index contributed by atoms with van der Waals surface area (Å²) in [5, 5.41) is 12.6. The van der Waals surface area contributed by atoms with Gasteiger partial charge in [0.2, 0.25) is 15.9 Å². The average molecular weight is 410 g/mol. The fraction of sp³-hybridized carbons (Fsp3) is 0.526. The van der Waals surface area contributed by atoms with Crippen LogP contribution in [-0.2, 0) is 19.6 Å². The van der Waals surface area contributed by atoms with E-state index < -0.39 is 28.3 Å². The van der Waals surface area contributed by atoms with Gasteiger partial charge in [-0.1, -0.05) is 18.2 Å². The van der Waals surface area contributed by atoms with E-state index in [-0.39, 0.29) is 29.9 Å². The van der Waals surface area contributed by atoms with Crippen LogP contribution < -0.4 is 14.8 Å². The van der Waals surface area contributed by atoms with E-state index in [9.17, 15) is 18.3 Å². The quantitative estimate of drug-likeness (QED) is 0.544. The minimum atomic E-state index is -3.84. The number of methoxy groups -OCH3 is 1. The van der Waals surface area contributed by atoms with Gasteiger partial charge in [0.15, 0.2) is 0 Å². The van der Waals surface area contributed by atoms with Crippen molar-refractivity contribution in [3.8, 4) is 5.75 Å². The molecule has 3 N–H and O–H groups in total. The Labute approximate surface area is 165 Å². The highest BCUT2D eigenvalue weighted by molar-refractivity contribution is 7.89. The molecule has 1 saturated carbocycles. The van der Waals surface area contributed by atoms with E-state index in [2.05, 4.69) is 10.0 Å². The first kappa shape index (κ1) is 20.8. The first-order valence-electron chi connectivity index (χ1n) is 9.31. The molecule has 3 rings (SSSR count). The van der Waals surface area contributed by atoms with Gasteiger partial charge >= 0.3 is 0 Å². The summed E-state index contributed by atoms with van der Waals surface area (Å²) in [6.07, 6.45) is 5.27. The van der Waals surface area contributed by atoms with Gasteiger partial charge in [-0.2, -0.15) is 0 Å². The number of nitrogens with one attached hydrogen (secondary N) is 2. The maximum atomic E-state index is 12.6. The van der Waals surface area contributed by atoms with Gasteiger partial charge in [-0.05, 0) is 31.4 Å². The monoisotopic (exact) mass is 410 g/mol. The Hall–Kier alpha value is -1.94. The molecular formula is C19H26N2O6S. The van der Waals surface area contributed by atoms with Crippen molar-refractivity contribution in [2.45, 2.75) is 54.9 Å². The first-order valence-corrected chi connectivity index (χ1v) is 10.8. The standard InChI is InChI=1S/C19H26N2O6S/c1-26-14-6-3-7-16(10-14)28(24,25)21-17-9-8-15(27-18(17)12-22)11-19(23)20-13-4-2-5-13/h3,6-10,13,15,17-18,21-22H,2,4-5,11-12H2,1H3,(H,20,23)/t15-,17-,18-/m0/s1. The molecule has 0 saturated heterocycles. The fourth-order valence-corrected chi connectivity index (χ4v) is 4.40. The molecule has 0 aromatic heterocycles. The van der Waals surface area contributed by atoms with Crippen LogP contribution in [0.15, 0.2) is 41.3 Å². The van der Waals surface area contributed by atoms with Crippen LogP contribution in [0.2, 0.25) is 0 Å². The van der Waals surface area contributed by atoms with Crippen molar-refractivity contribution < 1.29 is 27.8 Å². The van der Waals surface area contributed by atoms with Crippen molar-refractivity contribution in [1.29, 1.82) is 0 Å². The third-order valence-electron chi connectivity index (χ3n) is 4.96. The van der Waals surface area contributed by atoms with E-state index in [1.54, 1.807) is 24.3 Å². The molecule has 9 heteroatoms. The molecule has 1 aliphatic carbocycles. The van der Waals surface area contributed by atoms with Crippen LogP contribution in [0.25, 0.3) is 0 Å². The summed E-state index contributed by atoms with van der Waals surface area (Å²) in [7, 11) is -2.38. The Morgan fingerprint density at radius 1 is 1.32 bits per heavy atom. The van der Waals surface area contributed by atoms with Gasteiger partial charge in [0, 0.05) is 12.1 Å². The average Bonchev–Trinajstić information content (AvgIpc) is 2.65. The number of carbonyl (C=O) groups excluding carboxylic acids is 1. The maximum absolute atomic E-state index is 12.6. The Balaban J connectivity index is 1.64. The summed E-state index contributed by atoms with van der Waals surface area (Å²) in [5.74, 6) is 0.320. The van der Waals surface area contributed by atoms with Crippen LogP contribution in [0.4, 0.5) is 0 Å². The SMILES string of the molecule is COc1cccc(S(=O)(=O)N[C@H]2C=C[C@@H](CC(=O)NC3CCC3)O[C@H]2CO)c1. The number of benzene rings is 1. The van der Waals surface area contributed by atoms with Crippen LogP contribution >= 0.6 is 0 Å². The van der Waals surface area contributed by atoms with E-state index in [0.29, 0.717) is 5.75 Å². The summed E-state index contributed by atoms with van der Waals surface area (Å²) < 4.78 is 38.6. The topological polar surface area (TPSA) is 114 Å². The second-order valence-electron chi connectivity index (χ2n) is 7.01. The van der Waals surface area contributed by atoms with Crippen molar-refractivity contribution in [3.63, 3.8) is 0 Å². The molecule has 1 aromatic carbocycles. The van der Waals surface area contributed by atoms with E-state index in [0.717, 1.165) is 19.3 Å². The molecule has 2 aliphatic rings. The van der Waals surface area contributed by atoms with Crippen molar-refractivity contribution in [3.05, 3.63) is 36.4 Å². The second-order valence-corrected chi connectivity index (χ2v) is 8.72. The lowest BCUT2D eigenvalue weighted by Gasteiger charge is -2.32. The molecule has 154 valence electrons. The van der Waals surface area contributed by atoms with Gasteiger partial charge in [-0.15, -0.1) is 0 Å². The summed E-state index contributed by atoms with van der Waals surface area (Å²) in [4.78, 5) is 12.1. The molecule has 1 aromatic rings. The largest absolute Gasteiger partial charge is 0.497 e. The predicted octanol–water partition coefficient (Wildman–Crippen LogP) is 0.717. The third-order valence-corrected chi connectivity index (χ3v) is 6.42. The van der Waals surface area contributed by atoms with E-state index in [1.165, 1.54) is 19.2 Å². The number of hydrogen-bond acceptors (Lipinski definition) is 6. The van der Waals surface area contributed by atoms with Gasteiger partial charge in [0.1, 0.15) is 11.9 Å². The predicted molar refractivity (Wildman–Crippen MR) is 102 cm³/mol. The zero-order chi connectivity index (χ0) is 20.1. The van der Waals surface area contributed by atoms with Gasteiger partial charge in [-0.3, -0.25) is 4.79 Å². The zero-order valence-corrected chi connectivity index (χ0v) is 16.5. The van der Waals surface area contributed by atoms with Crippen molar-refractivity contribution >= 4 is 15.9 Å².